The quantitative estimate of drug-likeness (QED) is 0.309. The maximum atomic E-state index is 4.95. The molecule has 0 bridgehead atoms. The van der Waals surface area contributed by atoms with Gasteiger partial charge in [0.15, 0.2) is 5.96 Å². The lowest BCUT2D eigenvalue weighted by Gasteiger charge is -2.31. The largest absolute Gasteiger partial charge is 0.357 e. The monoisotopic (exact) mass is 501 g/mol. The summed E-state index contributed by atoms with van der Waals surface area (Å²) in [6, 6.07) is 11.1. The van der Waals surface area contributed by atoms with Gasteiger partial charge in [-0.3, -0.25) is 9.89 Å². The van der Waals surface area contributed by atoms with Gasteiger partial charge in [0.05, 0.1) is 12.6 Å². The van der Waals surface area contributed by atoms with Crippen LogP contribution in [0.5, 0.6) is 0 Å². The first-order valence-corrected chi connectivity index (χ1v) is 10.7. The third kappa shape index (κ3) is 8.25. The summed E-state index contributed by atoms with van der Waals surface area (Å²) in [6.45, 7) is 13.7. The molecule has 0 spiro atoms. The lowest BCUT2D eigenvalue weighted by atomic mass is 9.99. The number of benzene rings is 1. The molecule has 1 fully saturated rings. The van der Waals surface area contributed by atoms with Crippen molar-refractivity contribution in [2.75, 3.05) is 52.9 Å². The van der Waals surface area contributed by atoms with E-state index < -0.39 is 0 Å². The van der Waals surface area contributed by atoms with Crippen LogP contribution in [0.2, 0.25) is 0 Å². The van der Waals surface area contributed by atoms with Crippen LogP contribution in [0.4, 0.5) is 0 Å². The molecule has 1 aromatic carbocycles. The fraction of sp³-hybridized carbons (Fsp3) is 0.682. The molecule has 2 N–H and O–H groups in total. The standard InChI is InChI=1S/C22H39N5.HI/c1-5-23-22(24-16-19-12-11-15-26(4)18-19)25-17-21(27(6-2)7-3)20-13-9-8-10-14-20;/h8-10,13-14,19,21H,5-7,11-12,15-18H2,1-4H3,(H2,23,24,25);1H. The van der Waals surface area contributed by atoms with E-state index in [0.29, 0.717) is 12.0 Å². The van der Waals surface area contributed by atoms with Gasteiger partial charge in [0, 0.05) is 19.6 Å². The van der Waals surface area contributed by atoms with Gasteiger partial charge >= 0.3 is 0 Å². The van der Waals surface area contributed by atoms with Gasteiger partial charge < -0.3 is 15.5 Å². The fourth-order valence-electron chi connectivity index (χ4n) is 3.97. The molecular weight excluding hydrogens is 461 g/mol. The van der Waals surface area contributed by atoms with Gasteiger partial charge in [-0.1, -0.05) is 44.2 Å². The number of hydrogen-bond acceptors (Lipinski definition) is 3. The minimum atomic E-state index is 0. The van der Waals surface area contributed by atoms with Crippen LogP contribution < -0.4 is 10.6 Å². The fourth-order valence-corrected chi connectivity index (χ4v) is 3.97. The van der Waals surface area contributed by atoms with E-state index in [-0.39, 0.29) is 24.0 Å². The zero-order chi connectivity index (χ0) is 19.5. The average Bonchev–Trinajstić information content (AvgIpc) is 2.70. The second-order valence-electron chi connectivity index (χ2n) is 7.52. The summed E-state index contributed by atoms with van der Waals surface area (Å²) >= 11 is 0. The van der Waals surface area contributed by atoms with E-state index >= 15 is 0 Å². The number of halogens is 1. The van der Waals surface area contributed by atoms with E-state index in [1.54, 1.807) is 0 Å². The van der Waals surface area contributed by atoms with E-state index in [0.717, 1.165) is 38.7 Å². The smallest absolute Gasteiger partial charge is 0.191 e. The van der Waals surface area contributed by atoms with Crippen LogP contribution in [-0.4, -0.2) is 68.6 Å². The number of nitrogens with one attached hydrogen (secondary N) is 2. The van der Waals surface area contributed by atoms with Crippen LogP contribution in [0, 0.1) is 5.92 Å². The van der Waals surface area contributed by atoms with Crippen molar-refractivity contribution in [2.45, 2.75) is 39.7 Å². The molecule has 1 aliphatic rings. The number of likely N-dealkylation sites (tertiary alicyclic amines) is 1. The summed E-state index contributed by atoms with van der Waals surface area (Å²) in [6.07, 6.45) is 2.61. The SMILES string of the molecule is CCNC(=NCC(c1ccccc1)N(CC)CC)NCC1CCCN(C)C1.I. The highest BCUT2D eigenvalue weighted by molar-refractivity contribution is 14.0. The first kappa shape index (κ1) is 25.2. The Morgan fingerprint density at radius 1 is 1.18 bits per heavy atom. The van der Waals surface area contributed by atoms with Crippen LogP contribution in [0.3, 0.4) is 0 Å². The molecule has 0 radical (unpaired) electrons. The molecule has 1 saturated heterocycles. The van der Waals surface area contributed by atoms with Gasteiger partial charge in [-0.15, -0.1) is 24.0 Å². The van der Waals surface area contributed by atoms with Crippen molar-refractivity contribution >= 4 is 29.9 Å². The topological polar surface area (TPSA) is 42.9 Å². The number of likely N-dealkylation sites (N-methyl/N-ethyl adjacent to an activating group) is 1. The number of guanidine groups is 1. The highest BCUT2D eigenvalue weighted by Crippen LogP contribution is 2.20. The van der Waals surface area contributed by atoms with Crippen LogP contribution in [-0.2, 0) is 0 Å². The van der Waals surface area contributed by atoms with Crippen molar-refractivity contribution in [2.24, 2.45) is 10.9 Å². The highest BCUT2D eigenvalue weighted by Gasteiger charge is 2.19. The molecule has 2 rings (SSSR count). The van der Waals surface area contributed by atoms with E-state index in [9.17, 15) is 0 Å². The normalized spacial score (nSPS) is 19.2. The molecule has 160 valence electrons. The summed E-state index contributed by atoms with van der Waals surface area (Å²) in [5.41, 5.74) is 1.34. The van der Waals surface area contributed by atoms with Crippen molar-refractivity contribution < 1.29 is 0 Å². The van der Waals surface area contributed by atoms with Crippen LogP contribution in [0.25, 0.3) is 0 Å². The van der Waals surface area contributed by atoms with Crippen molar-refractivity contribution in [1.82, 2.24) is 20.4 Å². The number of piperidine rings is 1. The number of rotatable bonds is 9. The van der Waals surface area contributed by atoms with Crippen LogP contribution in [0.1, 0.15) is 45.2 Å². The Morgan fingerprint density at radius 2 is 1.89 bits per heavy atom. The molecule has 5 nitrogen and oxygen atoms in total. The molecule has 0 aliphatic carbocycles. The Hall–Kier alpha value is -0.860. The molecular formula is C22H40IN5. The number of aliphatic imine (C=N–C) groups is 1. The maximum absolute atomic E-state index is 4.95. The van der Waals surface area contributed by atoms with Crippen molar-refractivity contribution in [1.29, 1.82) is 0 Å². The average molecular weight is 502 g/mol. The summed E-state index contributed by atoms with van der Waals surface area (Å²) in [5, 5.41) is 7.01. The van der Waals surface area contributed by atoms with Crippen molar-refractivity contribution in [3.8, 4) is 0 Å². The first-order chi connectivity index (χ1) is 13.2. The summed E-state index contributed by atoms with van der Waals surface area (Å²) < 4.78 is 0. The molecule has 2 unspecified atom stereocenters. The van der Waals surface area contributed by atoms with Crippen LogP contribution in [0.15, 0.2) is 35.3 Å². The highest BCUT2D eigenvalue weighted by atomic mass is 127. The number of nitrogens with zero attached hydrogens (tertiary/aromatic N) is 3. The summed E-state index contributed by atoms with van der Waals surface area (Å²) in [5.74, 6) is 1.65. The predicted octanol–water partition coefficient (Wildman–Crippen LogP) is 3.58. The zero-order valence-corrected chi connectivity index (χ0v) is 20.5. The maximum Gasteiger partial charge on any atom is 0.191 e. The molecule has 6 heteroatoms. The molecule has 1 heterocycles. The van der Waals surface area contributed by atoms with E-state index in [1.165, 1.54) is 31.5 Å². The Kier molecular flexibility index (Phi) is 12.7. The van der Waals surface area contributed by atoms with Gasteiger partial charge in [-0.25, -0.2) is 0 Å². The molecule has 0 saturated carbocycles. The second kappa shape index (κ2) is 14.2. The van der Waals surface area contributed by atoms with E-state index in [1.807, 2.05) is 0 Å². The molecule has 0 amide bonds. The Labute approximate surface area is 189 Å². The van der Waals surface area contributed by atoms with Gasteiger partial charge in [0.2, 0.25) is 0 Å². The van der Waals surface area contributed by atoms with Gasteiger partial charge in [0.25, 0.3) is 0 Å². The van der Waals surface area contributed by atoms with E-state index in [4.69, 9.17) is 4.99 Å². The third-order valence-corrected chi connectivity index (χ3v) is 5.48. The van der Waals surface area contributed by atoms with Gasteiger partial charge in [-0.2, -0.15) is 0 Å². The van der Waals surface area contributed by atoms with Gasteiger partial charge in [0.1, 0.15) is 0 Å². The number of hydrogen-bond donors (Lipinski definition) is 2. The van der Waals surface area contributed by atoms with Crippen molar-refractivity contribution in [3.05, 3.63) is 35.9 Å². The second-order valence-corrected chi connectivity index (χ2v) is 7.52. The zero-order valence-electron chi connectivity index (χ0n) is 18.2. The lowest BCUT2D eigenvalue weighted by Crippen LogP contribution is -2.44. The van der Waals surface area contributed by atoms with Crippen LogP contribution >= 0.6 is 24.0 Å². The van der Waals surface area contributed by atoms with Crippen molar-refractivity contribution in [3.63, 3.8) is 0 Å². The minimum Gasteiger partial charge on any atom is -0.357 e. The van der Waals surface area contributed by atoms with Gasteiger partial charge in [-0.05, 0) is 57.9 Å². The Morgan fingerprint density at radius 3 is 2.50 bits per heavy atom. The Bertz CT molecular complexity index is 547. The molecule has 2 atom stereocenters. The molecule has 28 heavy (non-hydrogen) atoms. The molecule has 0 aromatic heterocycles. The molecule has 1 aromatic rings. The third-order valence-electron chi connectivity index (χ3n) is 5.48. The minimum absolute atomic E-state index is 0. The lowest BCUT2D eigenvalue weighted by molar-refractivity contribution is 0.210. The molecule has 1 aliphatic heterocycles. The predicted molar refractivity (Wildman–Crippen MR) is 132 cm³/mol. The Balaban J connectivity index is 0.00000392. The van der Waals surface area contributed by atoms with E-state index in [2.05, 4.69) is 78.6 Å². The summed E-state index contributed by atoms with van der Waals surface area (Å²) in [7, 11) is 2.22. The first-order valence-electron chi connectivity index (χ1n) is 10.7. The summed E-state index contributed by atoms with van der Waals surface area (Å²) in [4.78, 5) is 9.87.